The lowest BCUT2D eigenvalue weighted by molar-refractivity contribution is 0.475. The lowest BCUT2D eigenvalue weighted by Gasteiger charge is -1.94. The molecule has 0 saturated carbocycles. The number of fused-ring (bicyclic) bond motifs is 1. The predicted molar refractivity (Wildman–Crippen MR) is 64.8 cm³/mol. The zero-order valence-corrected chi connectivity index (χ0v) is 9.28. The van der Waals surface area contributed by atoms with Gasteiger partial charge in [-0.2, -0.15) is 5.26 Å². The number of rotatable bonds is 1. The van der Waals surface area contributed by atoms with E-state index in [1.165, 1.54) is 0 Å². The highest BCUT2D eigenvalue weighted by Crippen LogP contribution is 2.20. The summed E-state index contributed by atoms with van der Waals surface area (Å²) in [5.74, 6) is 0.685. The average molecular weight is 236 g/mol. The van der Waals surface area contributed by atoms with Crippen LogP contribution in [0.25, 0.3) is 17.0 Å². The first-order valence-electron chi connectivity index (χ1n) is 5.32. The normalized spacial score (nSPS) is 10.4. The Balaban J connectivity index is 2.17. The Morgan fingerprint density at radius 1 is 1.22 bits per heavy atom. The van der Waals surface area contributed by atoms with Gasteiger partial charge in [-0.05, 0) is 24.3 Å². The monoisotopic (exact) mass is 236 g/mol. The molecule has 0 aliphatic heterocycles. The maximum atomic E-state index is 9.43. The Morgan fingerprint density at radius 2 is 2.11 bits per heavy atom. The van der Waals surface area contributed by atoms with Crippen LogP contribution in [-0.4, -0.2) is 19.7 Å². The van der Waals surface area contributed by atoms with Crippen LogP contribution in [0.5, 0.6) is 5.75 Å². The van der Waals surface area contributed by atoms with Crippen LogP contribution in [-0.2, 0) is 0 Å². The van der Waals surface area contributed by atoms with Gasteiger partial charge in [0.2, 0.25) is 0 Å². The van der Waals surface area contributed by atoms with Gasteiger partial charge in [-0.25, -0.2) is 9.50 Å². The van der Waals surface area contributed by atoms with Gasteiger partial charge in [0.25, 0.3) is 0 Å². The molecule has 5 nitrogen and oxygen atoms in total. The predicted octanol–water partition coefficient (Wildman–Crippen LogP) is 1.97. The summed E-state index contributed by atoms with van der Waals surface area (Å²) in [7, 11) is 0. The highest BCUT2D eigenvalue weighted by Gasteiger charge is 2.07. The van der Waals surface area contributed by atoms with Gasteiger partial charge in [-0.3, -0.25) is 0 Å². The molecule has 0 fully saturated rings. The molecule has 0 unspecified atom stereocenters. The largest absolute Gasteiger partial charge is 0.508 e. The van der Waals surface area contributed by atoms with E-state index in [2.05, 4.69) is 10.1 Å². The second-order valence-electron chi connectivity index (χ2n) is 3.82. The topological polar surface area (TPSA) is 74.2 Å². The number of aromatic nitrogens is 3. The molecule has 86 valence electrons. The Hall–Kier alpha value is -2.87. The first-order valence-corrected chi connectivity index (χ1v) is 5.32. The van der Waals surface area contributed by atoms with Crippen LogP contribution in [0.1, 0.15) is 5.56 Å². The number of pyridine rings is 1. The molecule has 1 aromatic carbocycles. The number of nitriles is 1. The Morgan fingerprint density at radius 3 is 2.89 bits per heavy atom. The van der Waals surface area contributed by atoms with E-state index in [9.17, 15) is 5.11 Å². The van der Waals surface area contributed by atoms with Gasteiger partial charge in [0.1, 0.15) is 11.8 Å². The summed E-state index contributed by atoms with van der Waals surface area (Å²) < 4.78 is 1.55. The molecule has 0 spiro atoms. The van der Waals surface area contributed by atoms with Gasteiger partial charge >= 0.3 is 0 Å². The summed E-state index contributed by atoms with van der Waals surface area (Å²) in [5.41, 5.74) is 1.92. The molecule has 18 heavy (non-hydrogen) atoms. The molecule has 2 aromatic heterocycles. The molecular formula is C13H8N4O. The van der Waals surface area contributed by atoms with Gasteiger partial charge in [0.15, 0.2) is 11.5 Å². The Bertz CT molecular complexity index is 770. The number of nitrogens with zero attached hydrogens (tertiary/aromatic N) is 4. The quantitative estimate of drug-likeness (QED) is 0.701. The van der Waals surface area contributed by atoms with Crippen molar-refractivity contribution in [3.8, 4) is 23.2 Å². The number of aromatic hydroxyl groups is 1. The van der Waals surface area contributed by atoms with Gasteiger partial charge in [0.05, 0.1) is 5.56 Å². The van der Waals surface area contributed by atoms with Crippen molar-refractivity contribution in [1.29, 1.82) is 5.26 Å². The maximum Gasteiger partial charge on any atom is 0.182 e. The van der Waals surface area contributed by atoms with E-state index in [1.54, 1.807) is 41.0 Å². The second kappa shape index (κ2) is 3.86. The fraction of sp³-hybridized carbons (Fsp3) is 0. The lowest BCUT2D eigenvalue weighted by Crippen LogP contribution is -1.88. The standard InChI is InChI=1S/C13H8N4O/c14-7-9-4-5-12-15-13(16-17(12)8-9)10-2-1-3-11(18)6-10/h1-6,8,18H. The zero-order valence-electron chi connectivity index (χ0n) is 9.28. The van der Waals surface area contributed by atoms with Crippen LogP contribution in [0.3, 0.4) is 0 Å². The van der Waals surface area contributed by atoms with E-state index < -0.39 is 0 Å². The molecule has 0 aliphatic rings. The molecule has 2 heterocycles. The summed E-state index contributed by atoms with van der Waals surface area (Å²) in [6.45, 7) is 0. The van der Waals surface area contributed by atoms with Crippen LogP contribution in [0.2, 0.25) is 0 Å². The molecule has 0 radical (unpaired) electrons. The van der Waals surface area contributed by atoms with Crippen LogP contribution < -0.4 is 0 Å². The third-order valence-corrected chi connectivity index (χ3v) is 2.56. The van der Waals surface area contributed by atoms with Crippen molar-refractivity contribution in [3.63, 3.8) is 0 Å². The molecule has 3 aromatic rings. The molecule has 0 saturated heterocycles. The van der Waals surface area contributed by atoms with Crippen LogP contribution in [0.15, 0.2) is 42.6 Å². The molecule has 3 rings (SSSR count). The van der Waals surface area contributed by atoms with Crippen molar-refractivity contribution in [2.24, 2.45) is 0 Å². The minimum absolute atomic E-state index is 0.170. The number of phenolic OH excluding ortho intramolecular Hbond substituents is 1. The van der Waals surface area contributed by atoms with Crippen LogP contribution >= 0.6 is 0 Å². The van der Waals surface area contributed by atoms with Gasteiger partial charge in [-0.15, -0.1) is 5.10 Å². The van der Waals surface area contributed by atoms with Crippen molar-refractivity contribution >= 4 is 5.65 Å². The Labute approximate surface area is 103 Å². The smallest absolute Gasteiger partial charge is 0.182 e. The van der Waals surface area contributed by atoms with Crippen molar-refractivity contribution in [2.75, 3.05) is 0 Å². The number of hydrogen-bond acceptors (Lipinski definition) is 4. The average Bonchev–Trinajstić information content (AvgIpc) is 2.81. The SMILES string of the molecule is N#Cc1ccc2nc(-c3cccc(O)c3)nn2c1. The molecular weight excluding hydrogens is 228 g/mol. The van der Waals surface area contributed by atoms with Crippen molar-refractivity contribution in [1.82, 2.24) is 14.6 Å². The summed E-state index contributed by atoms with van der Waals surface area (Å²) in [6, 6.07) is 12.2. The minimum Gasteiger partial charge on any atom is -0.508 e. The van der Waals surface area contributed by atoms with E-state index in [1.807, 2.05) is 12.1 Å². The van der Waals surface area contributed by atoms with E-state index in [0.717, 1.165) is 5.56 Å². The summed E-state index contributed by atoms with van der Waals surface area (Å²) in [6.07, 6.45) is 1.62. The molecule has 0 aliphatic carbocycles. The highest BCUT2D eigenvalue weighted by atomic mass is 16.3. The fourth-order valence-electron chi connectivity index (χ4n) is 1.72. The molecule has 0 bridgehead atoms. The van der Waals surface area contributed by atoms with E-state index >= 15 is 0 Å². The number of phenols is 1. The van der Waals surface area contributed by atoms with E-state index in [-0.39, 0.29) is 5.75 Å². The maximum absolute atomic E-state index is 9.43. The van der Waals surface area contributed by atoms with Crippen molar-refractivity contribution in [2.45, 2.75) is 0 Å². The number of benzene rings is 1. The third kappa shape index (κ3) is 1.66. The first kappa shape index (κ1) is 10.3. The van der Waals surface area contributed by atoms with Crippen LogP contribution in [0.4, 0.5) is 0 Å². The molecule has 0 amide bonds. The minimum atomic E-state index is 0.170. The fourth-order valence-corrected chi connectivity index (χ4v) is 1.72. The highest BCUT2D eigenvalue weighted by molar-refractivity contribution is 5.60. The second-order valence-corrected chi connectivity index (χ2v) is 3.82. The lowest BCUT2D eigenvalue weighted by atomic mass is 10.2. The van der Waals surface area contributed by atoms with Gasteiger partial charge < -0.3 is 5.11 Å². The van der Waals surface area contributed by atoms with Crippen molar-refractivity contribution in [3.05, 3.63) is 48.2 Å². The summed E-state index contributed by atoms with van der Waals surface area (Å²) in [5, 5.41) is 22.5. The Kier molecular flexibility index (Phi) is 2.21. The molecule has 0 atom stereocenters. The third-order valence-electron chi connectivity index (χ3n) is 2.56. The zero-order chi connectivity index (χ0) is 12.5. The van der Waals surface area contributed by atoms with E-state index in [0.29, 0.717) is 17.0 Å². The molecule has 1 N–H and O–H groups in total. The summed E-state index contributed by atoms with van der Waals surface area (Å²) in [4.78, 5) is 4.33. The summed E-state index contributed by atoms with van der Waals surface area (Å²) >= 11 is 0. The first-order chi connectivity index (χ1) is 8.76. The van der Waals surface area contributed by atoms with Crippen molar-refractivity contribution < 1.29 is 5.11 Å². The van der Waals surface area contributed by atoms with Gasteiger partial charge in [-0.1, -0.05) is 12.1 Å². The molecule has 5 heteroatoms. The van der Waals surface area contributed by atoms with Crippen LogP contribution in [0, 0.1) is 11.3 Å². The van der Waals surface area contributed by atoms with Gasteiger partial charge in [0, 0.05) is 11.8 Å². The van der Waals surface area contributed by atoms with E-state index in [4.69, 9.17) is 5.26 Å². The number of hydrogen-bond donors (Lipinski definition) is 1.